The molecule has 1 atom stereocenters. The van der Waals surface area contributed by atoms with E-state index in [1.807, 2.05) is 0 Å². The van der Waals surface area contributed by atoms with Crippen molar-refractivity contribution in [1.82, 2.24) is 4.31 Å². The Morgan fingerprint density at radius 2 is 2.19 bits per heavy atom. The van der Waals surface area contributed by atoms with Crippen molar-refractivity contribution in [3.8, 4) is 5.75 Å². The summed E-state index contributed by atoms with van der Waals surface area (Å²) >= 11 is 5.81. The molecule has 4 nitrogen and oxygen atoms in total. The average molecular weight is 332 g/mol. The third kappa shape index (κ3) is 3.71. The molecule has 0 saturated carbocycles. The lowest BCUT2D eigenvalue weighted by atomic mass is 10.0. The van der Waals surface area contributed by atoms with Gasteiger partial charge in [0, 0.05) is 19.0 Å². The highest BCUT2D eigenvalue weighted by Gasteiger charge is 2.30. The number of hydrogen-bond acceptors (Lipinski definition) is 3. The fourth-order valence-electron chi connectivity index (χ4n) is 2.74. The van der Waals surface area contributed by atoms with Crippen molar-refractivity contribution in [2.75, 3.05) is 26.1 Å². The highest BCUT2D eigenvalue weighted by molar-refractivity contribution is 7.89. The van der Waals surface area contributed by atoms with Crippen LogP contribution < -0.4 is 4.74 Å². The van der Waals surface area contributed by atoms with Gasteiger partial charge in [-0.05, 0) is 48.9 Å². The Balaban J connectivity index is 2.38. The number of halogens is 1. The van der Waals surface area contributed by atoms with E-state index in [2.05, 4.69) is 6.92 Å². The van der Waals surface area contributed by atoms with Gasteiger partial charge in [0.25, 0.3) is 0 Å². The summed E-state index contributed by atoms with van der Waals surface area (Å²) < 4.78 is 32.5. The van der Waals surface area contributed by atoms with E-state index in [9.17, 15) is 8.42 Å². The minimum Gasteiger partial charge on any atom is -0.497 e. The predicted octanol–water partition coefficient (Wildman–Crippen LogP) is 2.90. The van der Waals surface area contributed by atoms with E-state index in [0.717, 1.165) is 18.4 Å². The van der Waals surface area contributed by atoms with E-state index in [-0.39, 0.29) is 0 Å². The Labute approximate surface area is 132 Å². The van der Waals surface area contributed by atoms with Crippen LogP contribution in [0.3, 0.4) is 0 Å². The number of hydrogen-bond donors (Lipinski definition) is 0. The molecule has 1 saturated heterocycles. The Hall–Kier alpha value is -0.780. The Kier molecular flexibility index (Phi) is 5.52. The normalized spacial score (nSPS) is 20.4. The molecule has 1 aliphatic rings. The van der Waals surface area contributed by atoms with Crippen LogP contribution in [0, 0.1) is 5.92 Å². The van der Waals surface area contributed by atoms with E-state index in [4.69, 9.17) is 16.3 Å². The van der Waals surface area contributed by atoms with Gasteiger partial charge in [-0.2, -0.15) is 4.31 Å². The standard InChI is InChI=1S/C15H22ClNO3S/c1-12-4-3-9-17(11-12)21(18,19)15-6-5-14(20-2)10-13(15)7-8-16/h5-6,10,12H,3-4,7-9,11H2,1-2H3. The van der Waals surface area contributed by atoms with Crippen molar-refractivity contribution in [1.29, 1.82) is 0 Å². The van der Waals surface area contributed by atoms with Crippen molar-refractivity contribution >= 4 is 21.6 Å². The zero-order valence-electron chi connectivity index (χ0n) is 12.5. The maximum absolute atomic E-state index is 12.9. The molecule has 21 heavy (non-hydrogen) atoms. The van der Waals surface area contributed by atoms with E-state index < -0.39 is 10.0 Å². The van der Waals surface area contributed by atoms with E-state index in [1.54, 1.807) is 29.6 Å². The molecule has 0 spiro atoms. The topological polar surface area (TPSA) is 46.6 Å². The molecule has 0 aliphatic carbocycles. The Morgan fingerprint density at radius 1 is 1.43 bits per heavy atom. The van der Waals surface area contributed by atoms with Crippen molar-refractivity contribution in [3.05, 3.63) is 23.8 Å². The number of nitrogens with zero attached hydrogens (tertiary/aromatic N) is 1. The van der Waals surface area contributed by atoms with Crippen molar-refractivity contribution in [2.24, 2.45) is 5.92 Å². The van der Waals surface area contributed by atoms with E-state index in [1.165, 1.54) is 0 Å². The number of sulfonamides is 1. The number of alkyl halides is 1. The van der Waals surface area contributed by atoms with Crippen LogP contribution in [0.5, 0.6) is 5.75 Å². The Morgan fingerprint density at radius 3 is 2.81 bits per heavy atom. The van der Waals surface area contributed by atoms with Gasteiger partial charge in [-0.1, -0.05) is 6.92 Å². The molecule has 0 aromatic heterocycles. The summed E-state index contributed by atoms with van der Waals surface area (Å²) in [6.45, 7) is 3.28. The monoisotopic (exact) mass is 331 g/mol. The molecule has 0 bridgehead atoms. The SMILES string of the molecule is COc1ccc(S(=O)(=O)N2CCCC(C)C2)c(CCCl)c1. The van der Waals surface area contributed by atoms with Gasteiger partial charge in [0.2, 0.25) is 10.0 Å². The summed E-state index contributed by atoms with van der Waals surface area (Å²) in [5.74, 6) is 1.44. The number of aryl methyl sites for hydroxylation is 1. The molecule has 1 heterocycles. The molecular formula is C15H22ClNO3S. The zero-order chi connectivity index (χ0) is 15.5. The van der Waals surface area contributed by atoms with Crippen molar-refractivity contribution in [2.45, 2.75) is 31.1 Å². The number of benzene rings is 1. The van der Waals surface area contributed by atoms with Crippen molar-refractivity contribution in [3.63, 3.8) is 0 Å². The van der Waals surface area contributed by atoms with Gasteiger partial charge >= 0.3 is 0 Å². The molecule has 1 aromatic carbocycles. The highest BCUT2D eigenvalue weighted by atomic mass is 35.5. The third-order valence-corrected chi connectivity index (χ3v) is 6.02. The van der Waals surface area contributed by atoms with Gasteiger partial charge in [-0.3, -0.25) is 0 Å². The molecule has 0 radical (unpaired) electrons. The molecule has 1 aromatic rings. The second kappa shape index (κ2) is 6.99. The summed E-state index contributed by atoms with van der Waals surface area (Å²) in [6.07, 6.45) is 2.52. The van der Waals surface area contributed by atoms with Crippen LogP contribution in [-0.4, -0.2) is 38.8 Å². The second-order valence-electron chi connectivity index (χ2n) is 5.52. The first-order chi connectivity index (χ1) is 9.98. The van der Waals surface area contributed by atoms with Crippen LogP contribution >= 0.6 is 11.6 Å². The maximum Gasteiger partial charge on any atom is 0.243 e. The van der Waals surface area contributed by atoms with Crippen molar-refractivity contribution < 1.29 is 13.2 Å². The largest absolute Gasteiger partial charge is 0.497 e. The molecule has 1 aliphatic heterocycles. The van der Waals surface area contributed by atoms with Gasteiger partial charge in [-0.15, -0.1) is 11.6 Å². The quantitative estimate of drug-likeness (QED) is 0.779. The number of piperidine rings is 1. The van der Waals surface area contributed by atoms with Gasteiger partial charge < -0.3 is 4.74 Å². The molecule has 6 heteroatoms. The molecule has 0 amide bonds. The summed E-state index contributed by atoms with van der Waals surface area (Å²) in [5.41, 5.74) is 0.725. The third-order valence-electron chi connectivity index (χ3n) is 3.87. The first kappa shape index (κ1) is 16.6. The maximum atomic E-state index is 12.9. The summed E-state index contributed by atoms with van der Waals surface area (Å²) in [6, 6.07) is 5.09. The average Bonchev–Trinajstić information content (AvgIpc) is 2.47. The van der Waals surface area contributed by atoms with Crippen LogP contribution in [0.15, 0.2) is 23.1 Å². The molecule has 1 unspecified atom stereocenters. The predicted molar refractivity (Wildman–Crippen MR) is 84.6 cm³/mol. The summed E-state index contributed by atoms with van der Waals surface area (Å²) in [5, 5.41) is 0. The molecule has 118 valence electrons. The highest BCUT2D eigenvalue weighted by Crippen LogP contribution is 2.28. The van der Waals surface area contributed by atoms with Gasteiger partial charge in [0.05, 0.1) is 12.0 Å². The van der Waals surface area contributed by atoms with E-state index in [0.29, 0.717) is 42.0 Å². The lowest BCUT2D eigenvalue weighted by molar-refractivity contribution is 0.281. The number of methoxy groups -OCH3 is 1. The fourth-order valence-corrected chi connectivity index (χ4v) is 4.77. The van der Waals surface area contributed by atoms with Crippen LogP contribution in [-0.2, 0) is 16.4 Å². The Bertz CT molecular complexity index is 589. The van der Waals surface area contributed by atoms with Gasteiger partial charge in [-0.25, -0.2) is 8.42 Å². The van der Waals surface area contributed by atoms with Gasteiger partial charge in [0.15, 0.2) is 0 Å². The summed E-state index contributed by atoms with van der Waals surface area (Å²) in [4.78, 5) is 0.359. The molecule has 0 N–H and O–H groups in total. The van der Waals surface area contributed by atoms with Crippen LogP contribution in [0.1, 0.15) is 25.3 Å². The first-order valence-corrected chi connectivity index (χ1v) is 9.19. The molecular weight excluding hydrogens is 310 g/mol. The fraction of sp³-hybridized carbons (Fsp3) is 0.600. The minimum atomic E-state index is -3.45. The summed E-state index contributed by atoms with van der Waals surface area (Å²) in [7, 11) is -1.88. The van der Waals surface area contributed by atoms with Crippen LogP contribution in [0.2, 0.25) is 0 Å². The number of rotatable bonds is 5. The lowest BCUT2D eigenvalue weighted by Crippen LogP contribution is -2.39. The minimum absolute atomic E-state index is 0.359. The molecule has 1 fully saturated rings. The van der Waals surface area contributed by atoms with Gasteiger partial charge in [0.1, 0.15) is 5.75 Å². The second-order valence-corrected chi connectivity index (χ2v) is 7.81. The van der Waals surface area contributed by atoms with Crippen LogP contribution in [0.4, 0.5) is 0 Å². The zero-order valence-corrected chi connectivity index (χ0v) is 14.1. The van der Waals surface area contributed by atoms with E-state index >= 15 is 0 Å². The lowest BCUT2D eigenvalue weighted by Gasteiger charge is -2.30. The smallest absolute Gasteiger partial charge is 0.243 e. The van der Waals surface area contributed by atoms with Crippen LogP contribution in [0.25, 0.3) is 0 Å². The molecule has 2 rings (SSSR count). The number of ether oxygens (including phenoxy) is 1. The first-order valence-electron chi connectivity index (χ1n) is 7.22.